The number of carbonyl (C=O) groups excluding carboxylic acids is 1. The summed E-state index contributed by atoms with van der Waals surface area (Å²) in [7, 11) is 4.14. The molecule has 0 radical (unpaired) electrons. The smallest absolute Gasteiger partial charge is 0.253 e. The number of benzene rings is 2. The summed E-state index contributed by atoms with van der Waals surface area (Å²) < 4.78 is 0. The van der Waals surface area contributed by atoms with Crippen LogP contribution in [0.2, 0.25) is 0 Å². The lowest BCUT2D eigenvalue weighted by atomic mass is 10.1. The highest BCUT2D eigenvalue weighted by atomic mass is 16.7. The average molecular weight is 377 g/mol. The summed E-state index contributed by atoms with van der Waals surface area (Å²) in [6.45, 7) is 3.63. The van der Waals surface area contributed by atoms with E-state index in [4.69, 9.17) is 4.84 Å². The maximum absolute atomic E-state index is 12.8. The van der Waals surface area contributed by atoms with Crippen LogP contribution in [0.25, 0.3) is 5.70 Å². The molecule has 2 unspecified atom stereocenters. The Bertz CT molecular complexity index is 861. The lowest BCUT2D eigenvalue weighted by Crippen LogP contribution is -2.34. The number of amides is 1. The van der Waals surface area contributed by atoms with Crippen molar-refractivity contribution in [3.63, 3.8) is 0 Å². The van der Waals surface area contributed by atoms with Crippen molar-refractivity contribution in [2.75, 3.05) is 32.2 Å². The maximum Gasteiger partial charge on any atom is 0.253 e. The molecule has 2 aliphatic rings. The number of nitrogens with zero attached hydrogens (tertiary/aromatic N) is 3. The summed E-state index contributed by atoms with van der Waals surface area (Å²) in [5, 5.41) is 1.85. The third-order valence-corrected chi connectivity index (χ3v) is 5.48. The Hall–Kier alpha value is -2.63. The number of carbonyl (C=O) groups is 1. The van der Waals surface area contributed by atoms with Gasteiger partial charge in [-0.3, -0.25) is 9.63 Å². The summed E-state index contributed by atoms with van der Waals surface area (Å²) >= 11 is 0. The number of hydrogen-bond donors (Lipinski definition) is 0. The van der Waals surface area contributed by atoms with E-state index in [1.807, 2.05) is 59.4 Å². The van der Waals surface area contributed by atoms with E-state index in [0.29, 0.717) is 6.04 Å². The fourth-order valence-electron chi connectivity index (χ4n) is 3.84. The Morgan fingerprint density at radius 3 is 2.43 bits per heavy atom. The minimum absolute atomic E-state index is 0.00378. The van der Waals surface area contributed by atoms with E-state index in [1.54, 1.807) is 0 Å². The third kappa shape index (κ3) is 3.68. The largest absolute Gasteiger partial charge is 0.337 e. The van der Waals surface area contributed by atoms with Crippen LogP contribution in [0.4, 0.5) is 5.69 Å². The molecule has 146 valence electrons. The standard InChI is InChI=1S/C23H27N3O2/c1-17-15-22(18-7-5-4-6-8-18)26(28-17)20-11-9-19(10-12-20)23(27)25-14-13-21(16-25)24(2)3/h4-12,15,17,21H,13-14,16H2,1-3H3. The van der Waals surface area contributed by atoms with Gasteiger partial charge in [-0.05, 0) is 57.8 Å². The number of rotatable bonds is 4. The summed E-state index contributed by atoms with van der Waals surface area (Å²) in [6, 6.07) is 18.4. The van der Waals surface area contributed by atoms with E-state index in [1.165, 1.54) is 0 Å². The topological polar surface area (TPSA) is 36.0 Å². The zero-order valence-electron chi connectivity index (χ0n) is 16.7. The Morgan fingerprint density at radius 2 is 1.79 bits per heavy atom. The van der Waals surface area contributed by atoms with Crippen molar-refractivity contribution in [1.29, 1.82) is 0 Å². The molecule has 0 N–H and O–H groups in total. The molecule has 2 heterocycles. The van der Waals surface area contributed by atoms with Crippen LogP contribution in [0, 0.1) is 0 Å². The highest BCUT2D eigenvalue weighted by Crippen LogP contribution is 2.33. The summed E-state index contributed by atoms with van der Waals surface area (Å²) in [4.78, 5) is 23.0. The van der Waals surface area contributed by atoms with Crippen molar-refractivity contribution >= 4 is 17.3 Å². The van der Waals surface area contributed by atoms with Gasteiger partial charge in [0.15, 0.2) is 0 Å². The first-order chi connectivity index (χ1) is 13.5. The molecule has 2 atom stereocenters. The maximum atomic E-state index is 12.8. The predicted molar refractivity (Wildman–Crippen MR) is 112 cm³/mol. The molecule has 0 aliphatic carbocycles. The van der Waals surface area contributed by atoms with Crippen molar-refractivity contribution in [3.8, 4) is 0 Å². The molecule has 1 saturated heterocycles. The van der Waals surface area contributed by atoms with Crippen LogP contribution in [0.3, 0.4) is 0 Å². The molecule has 4 rings (SSSR count). The Morgan fingerprint density at radius 1 is 1.07 bits per heavy atom. The van der Waals surface area contributed by atoms with E-state index >= 15 is 0 Å². The van der Waals surface area contributed by atoms with E-state index in [9.17, 15) is 4.79 Å². The average Bonchev–Trinajstić information content (AvgIpc) is 3.35. The van der Waals surface area contributed by atoms with Gasteiger partial charge in [0.25, 0.3) is 5.91 Å². The quantitative estimate of drug-likeness (QED) is 0.815. The first kappa shape index (κ1) is 18.7. The monoisotopic (exact) mass is 377 g/mol. The fraction of sp³-hybridized carbons (Fsp3) is 0.348. The van der Waals surface area contributed by atoms with Crippen LogP contribution >= 0.6 is 0 Å². The number of hydrogen-bond acceptors (Lipinski definition) is 4. The van der Waals surface area contributed by atoms with Crippen LogP contribution in [-0.4, -0.2) is 55.0 Å². The Kier molecular flexibility index (Phi) is 5.20. The van der Waals surface area contributed by atoms with Gasteiger partial charge in [-0.1, -0.05) is 30.3 Å². The van der Waals surface area contributed by atoms with Crippen LogP contribution in [0.15, 0.2) is 60.7 Å². The van der Waals surface area contributed by atoms with Gasteiger partial charge >= 0.3 is 0 Å². The number of hydroxylamine groups is 1. The van der Waals surface area contributed by atoms with Crippen molar-refractivity contribution in [2.45, 2.75) is 25.5 Å². The highest BCUT2D eigenvalue weighted by Gasteiger charge is 2.29. The SMILES string of the molecule is CC1C=C(c2ccccc2)N(c2ccc(C(=O)N3CCC(N(C)C)C3)cc2)O1. The summed E-state index contributed by atoms with van der Waals surface area (Å²) in [6.07, 6.45) is 3.14. The van der Waals surface area contributed by atoms with Gasteiger partial charge < -0.3 is 9.80 Å². The van der Waals surface area contributed by atoms with Crippen LogP contribution in [-0.2, 0) is 4.84 Å². The molecule has 5 heteroatoms. The number of likely N-dealkylation sites (N-methyl/N-ethyl adjacent to an activating group) is 1. The van der Waals surface area contributed by atoms with Crippen LogP contribution < -0.4 is 5.06 Å². The minimum Gasteiger partial charge on any atom is -0.337 e. The van der Waals surface area contributed by atoms with Crippen LogP contribution in [0.1, 0.15) is 29.3 Å². The molecule has 5 nitrogen and oxygen atoms in total. The zero-order valence-corrected chi connectivity index (χ0v) is 16.7. The lowest BCUT2D eigenvalue weighted by Gasteiger charge is -2.23. The summed E-state index contributed by atoms with van der Waals surface area (Å²) in [5.74, 6) is 0.102. The minimum atomic E-state index is 0.00378. The molecular weight excluding hydrogens is 350 g/mol. The van der Waals surface area contributed by atoms with Gasteiger partial charge in [-0.2, -0.15) is 0 Å². The van der Waals surface area contributed by atoms with E-state index in [0.717, 1.165) is 42.0 Å². The highest BCUT2D eigenvalue weighted by molar-refractivity contribution is 5.95. The van der Waals surface area contributed by atoms with Crippen molar-refractivity contribution in [3.05, 3.63) is 71.8 Å². The van der Waals surface area contributed by atoms with Gasteiger partial charge in [0.2, 0.25) is 0 Å². The van der Waals surface area contributed by atoms with Crippen molar-refractivity contribution in [1.82, 2.24) is 9.80 Å². The van der Waals surface area contributed by atoms with Crippen molar-refractivity contribution < 1.29 is 9.63 Å². The molecule has 0 spiro atoms. The molecule has 0 saturated carbocycles. The zero-order chi connectivity index (χ0) is 19.7. The lowest BCUT2D eigenvalue weighted by molar-refractivity contribution is 0.0783. The van der Waals surface area contributed by atoms with Crippen molar-refractivity contribution in [2.24, 2.45) is 0 Å². The molecule has 2 aromatic rings. The van der Waals surface area contributed by atoms with E-state index in [2.05, 4.69) is 37.2 Å². The molecule has 28 heavy (non-hydrogen) atoms. The molecule has 1 fully saturated rings. The van der Waals surface area contributed by atoms with E-state index < -0.39 is 0 Å². The van der Waals surface area contributed by atoms with Gasteiger partial charge in [0.05, 0.1) is 11.4 Å². The molecule has 2 aromatic carbocycles. The molecular formula is C23H27N3O2. The normalized spacial score (nSPS) is 22.1. The Balaban J connectivity index is 1.50. The second-order valence-corrected chi connectivity index (χ2v) is 7.73. The number of anilines is 1. The number of likely N-dealkylation sites (tertiary alicyclic amines) is 1. The van der Waals surface area contributed by atoms with Gasteiger partial charge in [0.1, 0.15) is 6.10 Å². The van der Waals surface area contributed by atoms with Crippen LogP contribution in [0.5, 0.6) is 0 Å². The Labute approximate surface area is 166 Å². The molecule has 0 bridgehead atoms. The van der Waals surface area contributed by atoms with Gasteiger partial charge in [-0.15, -0.1) is 0 Å². The molecule has 1 amide bonds. The second kappa shape index (κ2) is 7.78. The predicted octanol–water partition coefficient (Wildman–Crippen LogP) is 3.64. The fourth-order valence-corrected chi connectivity index (χ4v) is 3.84. The molecule has 2 aliphatic heterocycles. The molecule has 0 aromatic heterocycles. The van der Waals surface area contributed by atoms with E-state index in [-0.39, 0.29) is 12.0 Å². The first-order valence-corrected chi connectivity index (χ1v) is 9.83. The first-order valence-electron chi connectivity index (χ1n) is 9.83. The third-order valence-electron chi connectivity index (χ3n) is 5.48. The van der Waals surface area contributed by atoms with Gasteiger partial charge in [0, 0.05) is 30.3 Å². The van der Waals surface area contributed by atoms with Gasteiger partial charge in [-0.25, -0.2) is 5.06 Å². The summed E-state index contributed by atoms with van der Waals surface area (Å²) in [5.41, 5.74) is 3.78. The second-order valence-electron chi connectivity index (χ2n) is 7.73.